The van der Waals surface area contributed by atoms with Gasteiger partial charge in [-0.1, -0.05) is 27.7 Å². The van der Waals surface area contributed by atoms with Gasteiger partial charge < -0.3 is 5.32 Å². The number of hydrogen-bond acceptors (Lipinski definition) is 3. The molecule has 0 bridgehead atoms. The van der Waals surface area contributed by atoms with Crippen molar-refractivity contribution in [3.8, 4) is 0 Å². The van der Waals surface area contributed by atoms with Crippen LogP contribution >= 0.6 is 0 Å². The molecule has 112 valence electrons. The molecule has 4 nitrogen and oxygen atoms in total. The maximum atomic E-state index is 12.1. The second-order valence-corrected chi connectivity index (χ2v) is 6.32. The van der Waals surface area contributed by atoms with E-state index in [0.717, 1.165) is 6.54 Å². The van der Waals surface area contributed by atoms with Crippen molar-refractivity contribution in [1.29, 1.82) is 0 Å². The number of hydrogen-bond donors (Lipinski definition) is 1. The highest BCUT2D eigenvalue weighted by Gasteiger charge is 2.22. The van der Waals surface area contributed by atoms with Gasteiger partial charge in [0.15, 0.2) is 5.78 Å². The number of carbonyl (C=O) groups excluding carboxylic acids is 2. The largest absolute Gasteiger partial charge is 0.345 e. The lowest BCUT2D eigenvalue weighted by Crippen LogP contribution is -2.49. The molecule has 0 radical (unpaired) electrons. The molecule has 0 heterocycles. The molecule has 0 aromatic carbocycles. The number of carbonyl (C=O) groups is 2. The average molecular weight is 270 g/mol. The molecule has 1 N–H and O–H groups in total. The fraction of sp³-hybridized carbons (Fsp3) is 0.867. The van der Waals surface area contributed by atoms with Gasteiger partial charge in [-0.15, -0.1) is 0 Å². The summed E-state index contributed by atoms with van der Waals surface area (Å²) in [7, 11) is 0. The van der Waals surface area contributed by atoms with Crippen LogP contribution in [0.25, 0.3) is 0 Å². The predicted octanol–water partition coefficient (Wildman–Crippen LogP) is 2.08. The van der Waals surface area contributed by atoms with Crippen molar-refractivity contribution in [2.75, 3.05) is 13.1 Å². The maximum absolute atomic E-state index is 12.1. The van der Waals surface area contributed by atoms with E-state index >= 15 is 0 Å². The summed E-state index contributed by atoms with van der Waals surface area (Å²) in [4.78, 5) is 25.7. The van der Waals surface area contributed by atoms with Crippen LogP contribution in [0.2, 0.25) is 0 Å². The zero-order chi connectivity index (χ0) is 15.2. The van der Waals surface area contributed by atoms with Gasteiger partial charge in [0.2, 0.25) is 5.91 Å². The minimum absolute atomic E-state index is 0.0170. The lowest BCUT2D eigenvalue weighted by molar-refractivity contribution is -0.128. The second-order valence-electron chi connectivity index (χ2n) is 6.32. The molecule has 4 heteroatoms. The van der Waals surface area contributed by atoms with Gasteiger partial charge in [-0.2, -0.15) is 0 Å². The number of nitrogens with one attached hydrogen (secondary N) is 1. The Hall–Kier alpha value is -0.900. The quantitative estimate of drug-likeness (QED) is 0.734. The van der Waals surface area contributed by atoms with E-state index in [1.807, 2.05) is 13.8 Å². The third-order valence-electron chi connectivity index (χ3n) is 3.10. The zero-order valence-electron chi connectivity index (χ0n) is 13.5. The first-order valence-electron chi connectivity index (χ1n) is 7.19. The molecule has 0 aliphatic rings. The highest BCUT2D eigenvalue weighted by atomic mass is 16.2. The lowest BCUT2D eigenvalue weighted by Gasteiger charge is -2.28. The van der Waals surface area contributed by atoms with Crippen LogP contribution in [0.15, 0.2) is 0 Å². The van der Waals surface area contributed by atoms with E-state index in [2.05, 4.69) is 37.9 Å². The Kier molecular flexibility index (Phi) is 7.91. The molecular weight excluding hydrogens is 240 g/mol. The minimum Gasteiger partial charge on any atom is -0.345 e. The third kappa shape index (κ3) is 7.31. The Balaban J connectivity index is 4.52. The summed E-state index contributed by atoms with van der Waals surface area (Å²) in [5, 5.41) is 2.84. The van der Waals surface area contributed by atoms with Gasteiger partial charge >= 0.3 is 0 Å². The van der Waals surface area contributed by atoms with E-state index in [1.54, 1.807) is 0 Å². The molecule has 19 heavy (non-hydrogen) atoms. The highest BCUT2D eigenvalue weighted by Crippen LogP contribution is 2.06. The molecule has 0 saturated carbocycles. The standard InChI is InChI=1S/C15H30N2O2/c1-10(2)8-17(12(5)6)9-14(19)16-15(11(3)4)13(7)18/h10-12,15H,8-9H2,1-7H3,(H,16,19). The lowest BCUT2D eigenvalue weighted by atomic mass is 10.0. The molecule has 0 saturated heterocycles. The molecule has 0 spiro atoms. The normalized spacial score (nSPS) is 13.4. The van der Waals surface area contributed by atoms with Crippen LogP contribution in [0.5, 0.6) is 0 Å². The fourth-order valence-electron chi connectivity index (χ4n) is 2.07. The van der Waals surface area contributed by atoms with Crippen LogP contribution in [0.3, 0.4) is 0 Å². The first-order valence-corrected chi connectivity index (χ1v) is 7.19. The number of Topliss-reactive ketones (excluding diaryl/α,β-unsaturated/α-hetero) is 1. The Labute approximate surface area is 117 Å². The molecule has 1 unspecified atom stereocenters. The van der Waals surface area contributed by atoms with Crippen molar-refractivity contribution in [1.82, 2.24) is 10.2 Å². The Morgan fingerprint density at radius 3 is 1.89 bits per heavy atom. The molecule has 0 aliphatic heterocycles. The van der Waals surface area contributed by atoms with Crippen molar-refractivity contribution >= 4 is 11.7 Å². The summed E-state index contributed by atoms with van der Waals surface area (Å²) in [5.74, 6) is 0.592. The summed E-state index contributed by atoms with van der Waals surface area (Å²) in [6.07, 6.45) is 0. The average Bonchev–Trinajstić information content (AvgIpc) is 2.23. The Bertz CT molecular complexity index is 299. The van der Waals surface area contributed by atoms with E-state index in [0.29, 0.717) is 18.5 Å². The molecule has 0 aromatic rings. The zero-order valence-corrected chi connectivity index (χ0v) is 13.5. The van der Waals surface area contributed by atoms with E-state index in [9.17, 15) is 9.59 Å². The summed E-state index contributed by atoms with van der Waals surface area (Å²) < 4.78 is 0. The number of rotatable bonds is 8. The summed E-state index contributed by atoms with van der Waals surface area (Å²) in [6, 6.07) is -0.0523. The van der Waals surface area contributed by atoms with Crippen molar-refractivity contribution in [2.45, 2.75) is 60.5 Å². The van der Waals surface area contributed by atoms with E-state index in [-0.39, 0.29) is 23.7 Å². The van der Waals surface area contributed by atoms with Gasteiger partial charge in [0.05, 0.1) is 12.6 Å². The van der Waals surface area contributed by atoms with Gasteiger partial charge in [0.1, 0.15) is 0 Å². The molecule has 0 fully saturated rings. The predicted molar refractivity (Wildman–Crippen MR) is 79.0 cm³/mol. The van der Waals surface area contributed by atoms with Crippen molar-refractivity contribution < 1.29 is 9.59 Å². The van der Waals surface area contributed by atoms with Gasteiger partial charge in [-0.25, -0.2) is 0 Å². The molecule has 0 aromatic heterocycles. The summed E-state index contributed by atoms with van der Waals surface area (Å²) in [5.41, 5.74) is 0. The fourth-order valence-corrected chi connectivity index (χ4v) is 2.07. The molecule has 0 aliphatic carbocycles. The maximum Gasteiger partial charge on any atom is 0.234 e. The smallest absolute Gasteiger partial charge is 0.234 e. The van der Waals surface area contributed by atoms with Crippen LogP contribution in [0.4, 0.5) is 0 Å². The summed E-state index contributed by atoms with van der Waals surface area (Å²) in [6.45, 7) is 15.1. The van der Waals surface area contributed by atoms with Crippen LogP contribution < -0.4 is 5.32 Å². The van der Waals surface area contributed by atoms with Gasteiger partial charge in [0, 0.05) is 12.6 Å². The molecule has 1 amide bonds. The Morgan fingerprint density at radius 2 is 1.58 bits per heavy atom. The van der Waals surface area contributed by atoms with Crippen molar-refractivity contribution in [3.05, 3.63) is 0 Å². The monoisotopic (exact) mass is 270 g/mol. The number of amides is 1. The van der Waals surface area contributed by atoms with Crippen molar-refractivity contribution in [2.24, 2.45) is 11.8 Å². The molecular formula is C15H30N2O2. The van der Waals surface area contributed by atoms with Gasteiger partial charge in [-0.3, -0.25) is 14.5 Å². The second kappa shape index (κ2) is 8.31. The minimum atomic E-state index is -0.374. The van der Waals surface area contributed by atoms with Crippen LogP contribution in [0, 0.1) is 11.8 Å². The number of ketones is 1. The Morgan fingerprint density at radius 1 is 1.05 bits per heavy atom. The third-order valence-corrected chi connectivity index (χ3v) is 3.10. The highest BCUT2D eigenvalue weighted by molar-refractivity contribution is 5.88. The van der Waals surface area contributed by atoms with Gasteiger partial charge in [0.25, 0.3) is 0 Å². The van der Waals surface area contributed by atoms with E-state index in [4.69, 9.17) is 0 Å². The van der Waals surface area contributed by atoms with E-state index in [1.165, 1.54) is 6.92 Å². The first-order chi connectivity index (χ1) is 8.65. The number of nitrogens with zero attached hydrogens (tertiary/aromatic N) is 1. The van der Waals surface area contributed by atoms with Crippen molar-refractivity contribution in [3.63, 3.8) is 0 Å². The molecule has 1 atom stereocenters. The summed E-state index contributed by atoms with van der Waals surface area (Å²) >= 11 is 0. The first kappa shape index (κ1) is 18.1. The topological polar surface area (TPSA) is 49.4 Å². The van der Waals surface area contributed by atoms with Crippen LogP contribution in [-0.2, 0) is 9.59 Å². The van der Waals surface area contributed by atoms with E-state index < -0.39 is 0 Å². The molecule has 0 rings (SSSR count). The van der Waals surface area contributed by atoms with Gasteiger partial charge in [-0.05, 0) is 32.6 Å². The SMILES string of the molecule is CC(=O)C(NC(=O)CN(CC(C)C)C(C)C)C(C)C. The van der Waals surface area contributed by atoms with Crippen LogP contribution in [-0.4, -0.2) is 41.8 Å². The van der Waals surface area contributed by atoms with Crippen LogP contribution in [0.1, 0.15) is 48.5 Å².